The highest BCUT2D eigenvalue weighted by Crippen LogP contribution is 2.10. The molecule has 0 aliphatic rings. The molecule has 1 heterocycles. The third kappa shape index (κ3) is 4.68. The largest absolute Gasteiger partial charge is 1.00 e. The summed E-state index contributed by atoms with van der Waals surface area (Å²) in [4.78, 5) is 0. The van der Waals surface area contributed by atoms with Gasteiger partial charge < -0.3 is 17.0 Å². The fraction of sp³-hybridized carbons (Fsp3) is 0.176. The van der Waals surface area contributed by atoms with Gasteiger partial charge >= 0.3 is 0 Å². The van der Waals surface area contributed by atoms with E-state index in [1.807, 2.05) is 47.7 Å². The number of aromatic nitrogens is 3. The maximum Gasteiger partial charge on any atom is 0.265 e. The van der Waals surface area contributed by atoms with E-state index in [0.717, 1.165) is 24.5 Å². The Bertz CT molecular complexity index is 695. The zero-order chi connectivity index (χ0) is 14.5. The monoisotopic (exact) mass is 377 g/mol. The van der Waals surface area contributed by atoms with Crippen molar-refractivity contribution in [3.05, 3.63) is 83.4 Å². The van der Waals surface area contributed by atoms with Crippen LogP contribution in [0.2, 0.25) is 5.02 Å². The molecule has 114 valence electrons. The Labute approximate surface area is 145 Å². The molecular formula is C17H17BrClN3. The summed E-state index contributed by atoms with van der Waals surface area (Å²) < 4.78 is 4.05. The summed E-state index contributed by atoms with van der Waals surface area (Å²) in [6.45, 7) is 1.69. The number of benzene rings is 2. The normalized spacial score (nSPS) is 10.2. The number of rotatable bonds is 5. The van der Waals surface area contributed by atoms with Crippen molar-refractivity contribution in [2.24, 2.45) is 0 Å². The maximum atomic E-state index is 5.89. The van der Waals surface area contributed by atoms with E-state index in [2.05, 4.69) is 33.9 Å². The van der Waals surface area contributed by atoms with Gasteiger partial charge in [-0.2, -0.15) is 0 Å². The van der Waals surface area contributed by atoms with E-state index in [4.69, 9.17) is 11.6 Å². The van der Waals surface area contributed by atoms with Gasteiger partial charge in [0.25, 0.3) is 6.33 Å². The van der Waals surface area contributed by atoms with Crippen LogP contribution in [-0.2, 0) is 19.5 Å². The lowest BCUT2D eigenvalue weighted by Gasteiger charge is -1.98. The van der Waals surface area contributed by atoms with Crippen molar-refractivity contribution in [2.75, 3.05) is 0 Å². The molecule has 3 aromatic rings. The first-order valence-electron chi connectivity index (χ1n) is 6.99. The molecule has 0 amide bonds. The summed E-state index contributed by atoms with van der Waals surface area (Å²) in [7, 11) is 0. The average molecular weight is 379 g/mol. The van der Waals surface area contributed by atoms with Crippen molar-refractivity contribution in [1.82, 2.24) is 9.78 Å². The lowest BCUT2D eigenvalue weighted by molar-refractivity contribution is -0.697. The second-order valence-electron chi connectivity index (χ2n) is 5.04. The Hall–Kier alpha value is -1.65. The molecule has 0 spiro atoms. The molecule has 0 N–H and O–H groups in total. The maximum absolute atomic E-state index is 5.89. The van der Waals surface area contributed by atoms with Crippen molar-refractivity contribution in [3.8, 4) is 0 Å². The van der Waals surface area contributed by atoms with E-state index in [1.165, 1.54) is 11.1 Å². The smallest absolute Gasteiger partial charge is 0.265 e. The average Bonchev–Trinajstić information content (AvgIpc) is 2.96. The second kappa shape index (κ2) is 8.11. The minimum atomic E-state index is 0. The van der Waals surface area contributed by atoms with Crippen LogP contribution < -0.4 is 21.5 Å². The van der Waals surface area contributed by atoms with E-state index in [0.29, 0.717) is 0 Å². The van der Waals surface area contributed by atoms with Crippen molar-refractivity contribution in [3.63, 3.8) is 0 Å². The first kappa shape index (κ1) is 16.7. The summed E-state index contributed by atoms with van der Waals surface area (Å²) in [5, 5.41) is 5.15. The van der Waals surface area contributed by atoms with Gasteiger partial charge in [0.2, 0.25) is 6.33 Å². The fourth-order valence-corrected chi connectivity index (χ4v) is 2.37. The summed E-state index contributed by atoms with van der Waals surface area (Å²) in [5.41, 5.74) is 2.54. The van der Waals surface area contributed by atoms with Gasteiger partial charge in [0.1, 0.15) is 6.54 Å². The highest BCUT2D eigenvalue weighted by Gasteiger charge is 2.06. The zero-order valence-corrected chi connectivity index (χ0v) is 14.4. The number of nitrogens with zero attached hydrogens (tertiary/aromatic N) is 3. The topological polar surface area (TPSA) is 21.7 Å². The predicted octanol–water partition coefficient (Wildman–Crippen LogP) is 0.119. The molecule has 0 bridgehead atoms. The van der Waals surface area contributed by atoms with Crippen LogP contribution in [0.3, 0.4) is 0 Å². The lowest BCUT2D eigenvalue weighted by Crippen LogP contribution is -3.00. The first-order valence-corrected chi connectivity index (χ1v) is 7.37. The molecule has 0 fully saturated rings. The standard InChI is InChI=1S/C17H17ClN3.BrH/c18-17-8-6-16(7-9-17)12-21-14-20(13-19-21)11-10-15-4-2-1-3-5-15;/h1-9,13-14H,10-12H2;1H/q+1;/p-1. The Balaban J connectivity index is 0.00000176. The van der Waals surface area contributed by atoms with Gasteiger partial charge in [-0.15, -0.1) is 4.68 Å². The second-order valence-corrected chi connectivity index (χ2v) is 5.48. The summed E-state index contributed by atoms with van der Waals surface area (Å²) in [5.74, 6) is 0. The zero-order valence-electron chi connectivity index (χ0n) is 12.1. The van der Waals surface area contributed by atoms with E-state index < -0.39 is 0 Å². The van der Waals surface area contributed by atoms with Gasteiger partial charge in [0, 0.05) is 16.5 Å². The predicted molar refractivity (Wildman–Crippen MR) is 83.1 cm³/mol. The molecule has 3 rings (SSSR count). The van der Waals surface area contributed by atoms with E-state index in [-0.39, 0.29) is 17.0 Å². The van der Waals surface area contributed by atoms with Crippen molar-refractivity contribution in [1.29, 1.82) is 0 Å². The molecular weight excluding hydrogens is 362 g/mol. The van der Waals surface area contributed by atoms with Gasteiger partial charge in [0.05, 0.1) is 6.54 Å². The minimum Gasteiger partial charge on any atom is -1.00 e. The summed E-state index contributed by atoms with van der Waals surface area (Å²) >= 11 is 5.89. The van der Waals surface area contributed by atoms with E-state index >= 15 is 0 Å². The van der Waals surface area contributed by atoms with E-state index in [1.54, 1.807) is 0 Å². The molecule has 1 aromatic heterocycles. The molecule has 0 atom stereocenters. The van der Waals surface area contributed by atoms with Crippen LogP contribution >= 0.6 is 11.6 Å². The van der Waals surface area contributed by atoms with Crippen LogP contribution in [0.15, 0.2) is 67.3 Å². The third-order valence-electron chi connectivity index (χ3n) is 3.39. The molecule has 3 nitrogen and oxygen atoms in total. The Morgan fingerprint density at radius 2 is 1.68 bits per heavy atom. The number of hydrogen-bond acceptors (Lipinski definition) is 1. The Morgan fingerprint density at radius 3 is 2.41 bits per heavy atom. The highest BCUT2D eigenvalue weighted by molar-refractivity contribution is 6.30. The lowest BCUT2D eigenvalue weighted by atomic mass is 10.1. The van der Waals surface area contributed by atoms with Crippen LogP contribution in [0, 0.1) is 0 Å². The van der Waals surface area contributed by atoms with Crippen LogP contribution in [-0.4, -0.2) is 9.78 Å². The van der Waals surface area contributed by atoms with Crippen molar-refractivity contribution >= 4 is 11.6 Å². The molecule has 0 aliphatic heterocycles. The molecule has 2 aromatic carbocycles. The quantitative estimate of drug-likeness (QED) is 0.578. The summed E-state index contributed by atoms with van der Waals surface area (Å²) in [6.07, 6.45) is 4.93. The number of halogens is 2. The fourth-order valence-electron chi connectivity index (χ4n) is 2.24. The van der Waals surface area contributed by atoms with Crippen LogP contribution in [0.4, 0.5) is 0 Å². The minimum absolute atomic E-state index is 0. The molecule has 0 unspecified atom stereocenters. The first-order chi connectivity index (χ1) is 10.3. The van der Waals surface area contributed by atoms with E-state index in [9.17, 15) is 0 Å². The Kier molecular flexibility index (Phi) is 6.16. The number of hydrogen-bond donors (Lipinski definition) is 0. The van der Waals surface area contributed by atoms with Crippen LogP contribution in [0.1, 0.15) is 11.1 Å². The van der Waals surface area contributed by atoms with Gasteiger partial charge in [0.15, 0.2) is 0 Å². The molecule has 22 heavy (non-hydrogen) atoms. The SMILES string of the molecule is Clc1ccc(Cn2c[n+](CCc3ccccc3)cn2)cc1.[Br-]. The molecule has 0 saturated carbocycles. The molecule has 5 heteroatoms. The Morgan fingerprint density at radius 1 is 0.955 bits per heavy atom. The van der Waals surface area contributed by atoms with Gasteiger partial charge in [-0.25, -0.2) is 4.57 Å². The van der Waals surface area contributed by atoms with Gasteiger partial charge in [-0.1, -0.05) is 54.1 Å². The van der Waals surface area contributed by atoms with Crippen molar-refractivity contribution < 1.29 is 21.5 Å². The molecule has 0 saturated heterocycles. The molecule has 0 aliphatic carbocycles. The van der Waals surface area contributed by atoms with Crippen LogP contribution in [0.5, 0.6) is 0 Å². The highest BCUT2D eigenvalue weighted by atomic mass is 79.9. The van der Waals surface area contributed by atoms with Gasteiger partial charge in [-0.3, -0.25) is 0 Å². The third-order valence-corrected chi connectivity index (χ3v) is 3.64. The van der Waals surface area contributed by atoms with Gasteiger partial charge in [-0.05, 0) is 23.3 Å². The van der Waals surface area contributed by atoms with Crippen LogP contribution in [0.25, 0.3) is 0 Å². The van der Waals surface area contributed by atoms with Crippen molar-refractivity contribution in [2.45, 2.75) is 19.5 Å². The number of aryl methyl sites for hydroxylation is 2. The molecule has 0 radical (unpaired) electrons. The summed E-state index contributed by atoms with van der Waals surface area (Å²) in [6, 6.07) is 18.4.